The fourth-order valence-corrected chi connectivity index (χ4v) is 3.89. The van der Waals surface area contributed by atoms with Gasteiger partial charge in [-0.3, -0.25) is 4.79 Å². The first-order chi connectivity index (χ1) is 14.6. The first-order valence-corrected chi connectivity index (χ1v) is 9.76. The Bertz CT molecular complexity index is 1130. The van der Waals surface area contributed by atoms with Crippen molar-refractivity contribution in [1.82, 2.24) is 24.8 Å². The van der Waals surface area contributed by atoms with Gasteiger partial charge in [0.05, 0.1) is 11.2 Å². The summed E-state index contributed by atoms with van der Waals surface area (Å²) in [6.45, 7) is -1.10. The second-order valence-corrected chi connectivity index (χ2v) is 7.71. The minimum absolute atomic E-state index is 0.134. The zero-order valence-corrected chi connectivity index (χ0v) is 17.0. The van der Waals surface area contributed by atoms with Gasteiger partial charge in [0.1, 0.15) is 18.2 Å². The molecule has 31 heavy (non-hydrogen) atoms. The van der Waals surface area contributed by atoms with Crippen LogP contribution in [0.25, 0.3) is 22.4 Å². The van der Waals surface area contributed by atoms with E-state index in [0.29, 0.717) is 39.4 Å². The summed E-state index contributed by atoms with van der Waals surface area (Å²) >= 11 is 6.02. The number of carbonyl (C=O) groups excluding carboxylic acids is 1. The molecule has 0 saturated carbocycles. The van der Waals surface area contributed by atoms with Crippen molar-refractivity contribution in [2.45, 2.75) is 25.1 Å². The average Bonchev–Trinajstić information content (AvgIpc) is 3.33. The summed E-state index contributed by atoms with van der Waals surface area (Å²) in [6, 6.07) is 0.722. The lowest BCUT2D eigenvalue weighted by atomic mass is 10.2. The highest BCUT2D eigenvalue weighted by atomic mass is 35.5. The van der Waals surface area contributed by atoms with Gasteiger partial charge in [0.15, 0.2) is 17.5 Å². The Kier molecular flexibility index (Phi) is 5.46. The zero-order chi connectivity index (χ0) is 22.3. The molecule has 1 fully saturated rings. The molecule has 0 bridgehead atoms. The highest BCUT2D eigenvalue weighted by molar-refractivity contribution is 6.31. The van der Waals surface area contributed by atoms with Crippen LogP contribution in [0.1, 0.15) is 12.8 Å². The van der Waals surface area contributed by atoms with Crippen LogP contribution >= 0.6 is 11.6 Å². The van der Waals surface area contributed by atoms with Gasteiger partial charge in [-0.05, 0) is 18.9 Å². The maximum Gasteiger partial charge on any atom is 0.406 e. The number of anilines is 1. The fourth-order valence-electron chi connectivity index (χ4n) is 3.73. The number of nitrogens with zero attached hydrogens (tertiary/aromatic N) is 5. The summed E-state index contributed by atoms with van der Waals surface area (Å²) < 4.78 is 52.7. The number of carbonyl (C=O) groups is 1. The molecule has 1 aliphatic heterocycles. The third-order valence-electron chi connectivity index (χ3n) is 5.07. The van der Waals surface area contributed by atoms with Crippen LogP contribution in [0, 0.1) is 5.82 Å². The van der Waals surface area contributed by atoms with Gasteiger partial charge in [0, 0.05) is 36.9 Å². The Labute approximate surface area is 179 Å². The van der Waals surface area contributed by atoms with Gasteiger partial charge >= 0.3 is 6.18 Å². The van der Waals surface area contributed by atoms with E-state index in [1.807, 2.05) is 0 Å². The number of alkyl halides is 3. The average molecular weight is 457 g/mol. The number of hydrogen-bond donors (Lipinski definition) is 1. The molecular formula is C19H17ClF4N6O. The summed E-state index contributed by atoms with van der Waals surface area (Å²) in [5.74, 6) is -1.46. The predicted octanol–water partition coefficient (Wildman–Crippen LogP) is 3.80. The molecule has 0 aliphatic carbocycles. The van der Waals surface area contributed by atoms with Gasteiger partial charge in [-0.1, -0.05) is 11.6 Å². The molecule has 3 aromatic heterocycles. The molecule has 1 N–H and O–H groups in total. The Balaban J connectivity index is 1.68. The lowest BCUT2D eigenvalue weighted by Crippen LogP contribution is -2.47. The number of aromatic amines is 1. The third-order valence-corrected chi connectivity index (χ3v) is 5.27. The minimum Gasteiger partial charge on any atom is -0.345 e. The van der Waals surface area contributed by atoms with Crippen LogP contribution in [0.2, 0.25) is 5.02 Å². The lowest BCUT2D eigenvalue weighted by Gasteiger charge is -2.29. The Hall–Kier alpha value is -2.95. The van der Waals surface area contributed by atoms with Crippen LogP contribution in [-0.2, 0) is 4.79 Å². The van der Waals surface area contributed by atoms with Gasteiger partial charge < -0.3 is 14.8 Å². The van der Waals surface area contributed by atoms with Crippen LogP contribution in [-0.4, -0.2) is 63.1 Å². The van der Waals surface area contributed by atoms with Crippen molar-refractivity contribution >= 4 is 34.4 Å². The quantitative estimate of drug-likeness (QED) is 0.604. The molecule has 4 rings (SSSR count). The molecule has 0 aromatic carbocycles. The second-order valence-electron chi connectivity index (χ2n) is 7.28. The smallest absolute Gasteiger partial charge is 0.345 e. The van der Waals surface area contributed by atoms with Crippen molar-refractivity contribution in [3.63, 3.8) is 0 Å². The largest absolute Gasteiger partial charge is 0.406 e. The van der Waals surface area contributed by atoms with Gasteiger partial charge in [0.25, 0.3) is 0 Å². The molecular weight excluding hydrogens is 440 g/mol. The van der Waals surface area contributed by atoms with Crippen molar-refractivity contribution in [3.8, 4) is 11.4 Å². The van der Waals surface area contributed by atoms with E-state index in [1.54, 1.807) is 12.3 Å². The highest BCUT2D eigenvalue weighted by Crippen LogP contribution is 2.32. The molecule has 0 radical (unpaired) electrons. The number of halogens is 5. The number of amides is 1. The summed E-state index contributed by atoms with van der Waals surface area (Å²) in [4.78, 5) is 30.1. The zero-order valence-electron chi connectivity index (χ0n) is 16.2. The van der Waals surface area contributed by atoms with Gasteiger partial charge in [-0.15, -0.1) is 0 Å². The first kappa shape index (κ1) is 21.3. The SMILES string of the molecule is CN(CC(F)(F)F)C(=O)[C@H]1CCCN1c1nc(-c2c[nH]c3ncc(Cl)cc23)ncc1F. The standard InChI is InChI=1S/C19H17ClF4N6O/c1-29(9-19(22,23)24)18(31)14-3-2-4-30(14)17-13(21)8-27-16(28-17)12-7-26-15-11(12)5-10(20)6-25-15/h5-8,14H,2-4,9H2,1H3,(H,25,26)/t14-/m1/s1. The van der Waals surface area contributed by atoms with Gasteiger partial charge in [-0.2, -0.15) is 13.2 Å². The summed E-state index contributed by atoms with van der Waals surface area (Å²) in [5.41, 5.74) is 1.07. The Morgan fingerprint density at radius 1 is 1.35 bits per heavy atom. The molecule has 1 saturated heterocycles. The van der Waals surface area contributed by atoms with E-state index in [2.05, 4.69) is 19.9 Å². The normalized spacial score (nSPS) is 16.8. The van der Waals surface area contributed by atoms with Crippen molar-refractivity contribution < 1.29 is 22.4 Å². The van der Waals surface area contributed by atoms with Gasteiger partial charge in [-0.25, -0.2) is 19.3 Å². The second kappa shape index (κ2) is 7.95. The lowest BCUT2D eigenvalue weighted by molar-refractivity contribution is -0.159. The minimum atomic E-state index is -4.52. The van der Waals surface area contributed by atoms with Crippen LogP contribution in [0.4, 0.5) is 23.4 Å². The van der Waals surface area contributed by atoms with Crippen LogP contribution in [0.15, 0.2) is 24.7 Å². The van der Waals surface area contributed by atoms with Crippen LogP contribution in [0.5, 0.6) is 0 Å². The topological polar surface area (TPSA) is 78.0 Å². The molecule has 1 atom stereocenters. The van der Waals surface area contributed by atoms with Crippen molar-refractivity contribution in [2.75, 3.05) is 25.0 Å². The van der Waals surface area contributed by atoms with E-state index in [-0.39, 0.29) is 18.2 Å². The van der Waals surface area contributed by atoms with Crippen molar-refractivity contribution in [3.05, 3.63) is 35.5 Å². The molecule has 4 heterocycles. The van der Waals surface area contributed by atoms with E-state index >= 15 is 0 Å². The first-order valence-electron chi connectivity index (χ1n) is 9.38. The van der Waals surface area contributed by atoms with E-state index in [4.69, 9.17) is 11.6 Å². The van der Waals surface area contributed by atoms with Gasteiger partial charge in [0.2, 0.25) is 5.91 Å². The fraction of sp³-hybridized carbons (Fsp3) is 0.368. The number of hydrogen-bond acceptors (Lipinski definition) is 5. The number of likely N-dealkylation sites (N-methyl/N-ethyl adjacent to an activating group) is 1. The van der Waals surface area contributed by atoms with E-state index in [9.17, 15) is 22.4 Å². The molecule has 1 amide bonds. The predicted molar refractivity (Wildman–Crippen MR) is 106 cm³/mol. The molecule has 0 spiro atoms. The molecule has 0 unspecified atom stereocenters. The number of fused-ring (bicyclic) bond motifs is 1. The maximum absolute atomic E-state index is 14.6. The summed E-state index contributed by atoms with van der Waals surface area (Å²) in [5, 5.41) is 1.03. The Morgan fingerprint density at radius 2 is 2.13 bits per heavy atom. The van der Waals surface area contributed by atoms with Crippen LogP contribution in [0.3, 0.4) is 0 Å². The number of nitrogens with one attached hydrogen (secondary N) is 1. The molecule has 3 aromatic rings. The summed E-state index contributed by atoms with van der Waals surface area (Å²) in [6.07, 6.45) is 0.349. The number of rotatable bonds is 4. The maximum atomic E-state index is 14.6. The molecule has 12 heteroatoms. The number of pyridine rings is 1. The number of aromatic nitrogens is 4. The van der Waals surface area contributed by atoms with Crippen LogP contribution < -0.4 is 4.90 Å². The van der Waals surface area contributed by atoms with Crippen molar-refractivity contribution in [1.29, 1.82) is 0 Å². The Morgan fingerprint density at radius 3 is 2.87 bits per heavy atom. The molecule has 7 nitrogen and oxygen atoms in total. The molecule has 1 aliphatic rings. The third kappa shape index (κ3) is 4.27. The van der Waals surface area contributed by atoms with E-state index in [1.165, 1.54) is 11.1 Å². The van der Waals surface area contributed by atoms with E-state index in [0.717, 1.165) is 13.2 Å². The number of H-pyrrole nitrogens is 1. The van der Waals surface area contributed by atoms with Crippen molar-refractivity contribution in [2.24, 2.45) is 0 Å². The summed E-state index contributed by atoms with van der Waals surface area (Å²) in [7, 11) is 1.08. The highest BCUT2D eigenvalue weighted by Gasteiger charge is 2.38. The van der Waals surface area contributed by atoms with E-state index < -0.39 is 30.5 Å². The monoisotopic (exact) mass is 456 g/mol. The molecule has 164 valence electrons.